The summed E-state index contributed by atoms with van der Waals surface area (Å²) < 4.78 is 10.2. The average molecular weight is 399 g/mol. The standard InChI is InChI=1S/C17H30N2O4.2ClH/c18-9-12-1-5-14(6-2-12)16(20)22-11-23-17(21)15-7-3-13(10-19)4-8-15;;/h12-15H,1-11,18-19H2;2*1H. The van der Waals surface area contributed by atoms with Crippen LogP contribution in [-0.4, -0.2) is 31.8 Å². The van der Waals surface area contributed by atoms with E-state index in [9.17, 15) is 9.59 Å². The molecule has 2 saturated carbocycles. The third-order valence-corrected chi connectivity index (χ3v) is 5.43. The monoisotopic (exact) mass is 398 g/mol. The number of hydrogen-bond donors (Lipinski definition) is 2. The van der Waals surface area contributed by atoms with E-state index in [4.69, 9.17) is 20.9 Å². The normalized spacial score (nSPS) is 28.9. The van der Waals surface area contributed by atoms with Gasteiger partial charge in [-0.05, 0) is 76.3 Å². The summed E-state index contributed by atoms with van der Waals surface area (Å²) in [5, 5.41) is 0. The Hall–Kier alpha value is -0.560. The molecule has 2 rings (SSSR count). The molecule has 0 unspecified atom stereocenters. The van der Waals surface area contributed by atoms with Crippen LogP contribution in [0.5, 0.6) is 0 Å². The minimum atomic E-state index is -0.259. The van der Waals surface area contributed by atoms with Crippen molar-refractivity contribution in [1.29, 1.82) is 0 Å². The minimum Gasteiger partial charge on any atom is -0.428 e. The van der Waals surface area contributed by atoms with Crippen LogP contribution in [0.2, 0.25) is 0 Å². The Morgan fingerprint density at radius 1 is 0.680 bits per heavy atom. The maximum absolute atomic E-state index is 12.0. The van der Waals surface area contributed by atoms with Crippen LogP contribution in [0, 0.1) is 23.7 Å². The van der Waals surface area contributed by atoms with Crippen LogP contribution in [0.4, 0.5) is 0 Å². The van der Waals surface area contributed by atoms with E-state index in [1.807, 2.05) is 0 Å². The molecule has 0 spiro atoms. The maximum Gasteiger partial charge on any atom is 0.311 e. The predicted octanol–water partition coefficient (Wildman–Crippen LogP) is 2.40. The zero-order valence-corrected chi connectivity index (χ0v) is 16.3. The van der Waals surface area contributed by atoms with Gasteiger partial charge in [0.2, 0.25) is 6.79 Å². The topological polar surface area (TPSA) is 105 Å². The lowest BCUT2D eigenvalue weighted by molar-refractivity contribution is -0.174. The van der Waals surface area contributed by atoms with Crippen LogP contribution in [0.1, 0.15) is 51.4 Å². The number of nitrogens with two attached hydrogens (primary N) is 2. The van der Waals surface area contributed by atoms with E-state index in [1.54, 1.807) is 0 Å². The molecule has 0 bridgehead atoms. The van der Waals surface area contributed by atoms with Crippen molar-refractivity contribution in [3.8, 4) is 0 Å². The molecule has 4 N–H and O–H groups in total. The molecular weight excluding hydrogens is 367 g/mol. The molecule has 0 aromatic rings. The van der Waals surface area contributed by atoms with Gasteiger partial charge in [0.1, 0.15) is 0 Å². The Bertz CT molecular complexity index is 360. The number of carbonyl (C=O) groups excluding carboxylic acids is 2. The summed E-state index contributed by atoms with van der Waals surface area (Å²) >= 11 is 0. The van der Waals surface area contributed by atoms with Crippen molar-refractivity contribution >= 4 is 36.8 Å². The number of halogens is 2. The Balaban J connectivity index is 0.00000288. The van der Waals surface area contributed by atoms with Crippen LogP contribution in [0.3, 0.4) is 0 Å². The lowest BCUT2D eigenvalue weighted by Crippen LogP contribution is -2.29. The Morgan fingerprint density at radius 3 is 1.28 bits per heavy atom. The van der Waals surface area contributed by atoms with Crippen LogP contribution < -0.4 is 11.5 Å². The van der Waals surface area contributed by atoms with Crippen molar-refractivity contribution in [1.82, 2.24) is 0 Å². The molecule has 148 valence electrons. The van der Waals surface area contributed by atoms with Crippen LogP contribution >= 0.6 is 24.8 Å². The molecule has 0 heterocycles. The third-order valence-electron chi connectivity index (χ3n) is 5.43. The molecule has 0 aliphatic heterocycles. The summed E-state index contributed by atoms with van der Waals surface area (Å²) in [6, 6.07) is 0. The van der Waals surface area contributed by atoms with Gasteiger partial charge in [0.05, 0.1) is 11.8 Å². The van der Waals surface area contributed by atoms with Gasteiger partial charge >= 0.3 is 11.9 Å². The first-order chi connectivity index (χ1) is 11.1. The summed E-state index contributed by atoms with van der Waals surface area (Å²) in [6.07, 6.45) is 7.16. The molecular formula is C17H32Cl2N2O4. The average Bonchev–Trinajstić information content (AvgIpc) is 2.61. The highest BCUT2D eigenvalue weighted by atomic mass is 35.5. The van der Waals surface area contributed by atoms with E-state index in [0.717, 1.165) is 51.4 Å². The fourth-order valence-corrected chi connectivity index (χ4v) is 3.65. The van der Waals surface area contributed by atoms with Crippen LogP contribution in [0.15, 0.2) is 0 Å². The highest BCUT2D eigenvalue weighted by Crippen LogP contribution is 2.30. The Labute approximate surface area is 162 Å². The summed E-state index contributed by atoms with van der Waals surface area (Å²) in [4.78, 5) is 23.9. The number of esters is 2. The van der Waals surface area contributed by atoms with Crippen molar-refractivity contribution in [2.45, 2.75) is 51.4 Å². The molecule has 2 aliphatic carbocycles. The van der Waals surface area contributed by atoms with Gasteiger partial charge in [-0.15, -0.1) is 24.8 Å². The van der Waals surface area contributed by atoms with E-state index in [0.29, 0.717) is 24.9 Å². The van der Waals surface area contributed by atoms with E-state index >= 15 is 0 Å². The van der Waals surface area contributed by atoms with Gasteiger partial charge in [0, 0.05) is 0 Å². The second kappa shape index (κ2) is 12.7. The lowest BCUT2D eigenvalue weighted by Gasteiger charge is -2.27. The first-order valence-electron chi connectivity index (χ1n) is 8.87. The molecule has 0 aromatic carbocycles. The fraction of sp³-hybridized carbons (Fsp3) is 0.882. The second-order valence-electron chi connectivity index (χ2n) is 6.95. The summed E-state index contributed by atoms with van der Waals surface area (Å²) in [7, 11) is 0. The van der Waals surface area contributed by atoms with Gasteiger partial charge in [-0.1, -0.05) is 0 Å². The van der Waals surface area contributed by atoms with Gasteiger partial charge in [0.15, 0.2) is 0 Å². The van der Waals surface area contributed by atoms with Gasteiger partial charge in [-0.3, -0.25) is 9.59 Å². The largest absolute Gasteiger partial charge is 0.428 e. The Kier molecular flexibility index (Phi) is 12.5. The number of ether oxygens (including phenoxy) is 2. The van der Waals surface area contributed by atoms with E-state index in [-0.39, 0.29) is 55.4 Å². The molecule has 0 saturated heterocycles. The van der Waals surface area contributed by atoms with Gasteiger partial charge in [-0.25, -0.2) is 0 Å². The van der Waals surface area contributed by atoms with Crippen LogP contribution in [0.25, 0.3) is 0 Å². The third kappa shape index (κ3) is 7.69. The fourth-order valence-electron chi connectivity index (χ4n) is 3.65. The second-order valence-corrected chi connectivity index (χ2v) is 6.95. The molecule has 2 aliphatic rings. The molecule has 25 heavy (non-hydrogen) atoms. The van der Waals surface area contributed by atoms with Crippen molar-refractivity contribution in [2.24, 2.45) is 35.1 Å². The minimum absolute atomic E-state index is 0. The van der Waals surface area contributed by atoms with E-state index in [2.05, 4.69) is 0 Å². The first-order valence-corrected chi connectivity index (χ1v) is 8.87. The highest BCUT2D eigenvalue weighted by molar-refractivity contribution is 5.85. The van der Waals surface area contributed by atoms with Crippen molar-refractivity contribution in [3.05, 3.63) is 0 Å². The first kappa shape index (κ1) is 24.4. The SMILES string of the molecule is Cl.Cl.NCC1CCC(C(=O)OCOC(=O)C2CCC(CN)CC2)CC1. The molecule has 0 amide bonds. The smallest absolute Gasteiger partial charge is 0.311 e. The molecule has 0 atom stereocenters. The quantitative estimate of drug-likeness (QED) is 0.525. The van der Waals surface area contributed by atoms with Crippen LogP contribution in [-0.2, 0) is 19.1 Å². The summed E-state index contributed by atoms with van der Waals surface area (Å²) in [5.41, 5.74) is 11.3. The zero-order valence-electron chi connectivity index (χ0n) is 14.7. The number of hydrogen-bond acceptors (Lipinski definition) is 6. The molecule has 6 nitrogen and oxygen atoms in total. The van der Waals surface area contributed by atoms with Gasteiger partial charge in [0.25, 0.3) is 0 Å². The van der Waals surface area contributed by atoms with E-state index in [1.165, 1.54) is 0 Å². The molecule has 2 fully saturated rings. The predicted molar refractivity (Wildman–Crippen MR) is 101 cm³/mol. The maximum atomic E-state index is 12.0. The zero-order chi connectivity index (χ0) is 16.7. The summed E-state index contributed by atoms with van der Waals surface area (Å²) in [6.45, 7) is 1.11. The van der Waals surface area contributed by atoms with Crippen molar-refractivity contribution in [3.63, 3.8) is 0 Å². The van der Waals surface area contributed by atoms with Crippen molar-refractivity contribution in [2.75, 3.05) is 19.9 Å². The molecule has 0 radical (unpaired) electrons. The highest BCUT2D eigenvalue weighted by Gasteiger charge is 2.29. The Morgan fingerprint density at radius 2 is 1.00 bits per heavy atom. The van der Waals surface area contributed by atoms with Gasteiger partial charge in [-0.2, -0.15) is 0 Å². The molecule has 8 heteroatoms. The molecule has 0 aromatic heterocycles. The summed E-state index contributed by atoms with van der Waals surface area (Å²) in [5.74, 6) is 0.411. The number of carbonyl (C=O) groups is 2. The lowest BCUT2D eigenvalue weighted by atomic mass is 9.82. The van der Waals surface area contributed by atoms with E-state index < -0.39 is 0 Å². The van der Waals surface area contributed by atoms with Gasteiger partial charge < -0.3 is 20.9 Å². The van der Waals surface area contributed by atoms with Crippen molar-refractivity contribution < 1.29 is 19.1 Å². The number of rotatable bonds is 6.